The molecule has 0 aromatic carbocycles. The SMILES string of the molecule is Cc1cc(C)n(CCCC(=O)N2CCCC2c2ccc[nH]2)n1. The third kappa shape index (κ3) is 3.08. The van der Waals surface area contributed by atoms with Crippen molar-refractivity contribution in [3.05, 3.63) is 41.5 Å². The van der Waals surface area contributed by atoms with Crippen LogP contribution < -0.4 is 0 Å². The van der Waals surface area contributed by atoms with E-state index in [1.807, 2.05) is 28.8 Å². The van der Waals surface area contributed by atoms with E-state index in [9.17, 15) is 4.79 Å². The molecule has 1 aliphatic rings. The van der Waals surface area contributed by atoms with Crippen LogP contribution in [0.5, 0.6) is 0 Å². The summed E-state index contributed by atoms with van der Waals surface area (Å²) in [6.07, 6.45) is 5.51. The average molecular weight is 300 g/mol. The van der Waals surface area contributed by atoms with Gasteiger partial charge in [-0.15, -0.1) is 0 Å². The van der Waals surface area contributed by atoms with Gasteiger partial charge in [-0.25, -0.2) is 0 Å². The van der Waals surface area contributed by atoms with Crippen LogP contribution in [0.4, 0.5) is 0 Å². The smallest absolute Gasteiger partial charge is 0.223 e. The Balaban J connectivity index is 1.54. The van der Waals surface area contributed by atoms with Gasteiger partial charge >= 0.3 is 0 Å². The van der Waals surface area contributed by atoms with Crippen molar-refractivity contribution in [1.29, 1.82) is 0 Å². The molecule has 2 aromatic heterocycles. The molecule has 3 rings (SSSR count). The molecular formula is C17H24N4O. The number of nitrogens with one attached hydrogen (secondary N) is 1. The second kappa shape index (κ2) is 6.38. The number of hydrogen-bond donors (Lipinski definition) is 1. The minimum absolute atomic E-state index is 0.233. The van der Waals surface area contributed by atoms with Crippen molar-refractivity contribution in [2.24, 2.45) is 0 Å². The van der Waals surface area contributed by atoms with Gasteiger partial charge in [0.2, 0.25) is 5.91 Å². The minimum atomic E-state index is 0.233. The third-order valence-electron chi connectivity index (χ3n) is 4.42. The fourth-order valence-electron chi connectivity index (χ4n) is 3.37. The molecule has 1 aliphatic heterocycles. The standard InChI is InChI=1S/C17H24N4O/c1-13-12-14(2)21(19-13)11-5-8-17(22)20-10-4-7-16(20)15-6-3-9-18-15/h3,6,9,12,16,18H,4-5,7-8,10-11H2,1-2H3. The average Bonchev–Trinajstić information content (AvgIpc) is 3.19. The molecule has 5 nitrogen and oxygen atoms in total. The summed E-state index contributed by atoms with van der Waals surface area (Å²) in [5.74, 6) is 0.263. The van der Waals surface area contributed by atoms with Crippen LogP contribution in [0.25, 0.3) is 0 Å². The fraction of sp³-hybridized carbons (Fsp3) is 0.529. The van der Waals surface area contributed by atoms with Crippen molar-refractivity contribution in [3.8, 4) is 0 Å². The lowest BCUT2D eigenvalue weighted by atomic mass is 10.1. The molecule has 5 heteroatoms. The zero-order chi connectivity index (χ0) is 15.5. The molecule has 1 fully saturated rings. The number of carbonyl (C=O) groups is 1. The van der Waals surface area contributed by atoms with Gasteiger partial charge in [0, 0.05) is 37.1 Å². The Labute approximate surface area is 131 Å². The molecule has 1 atom stereocenters. The maximum Gasteiger partial charge on any atom is 0.223 e. The first-order chi connectivity index (χ1) is 10.6. The Morgan fingerprint density at radius 2 is 2.32 bits per heavy atom. The number of nitrogens with zero attached hydrogens (tertiary/aromatic N) is 3. The van der Waals surface area contributed by atoms with E-state index in [1.165, 1.54) is 0 Å². The first-order valence-corrected chi connectivity index (χ1v) is 8.09. The molecule has 1 saturated heterocycles. The Kier molecular flexibility index (Phi) is 4.32. The first-order valence-electron chi connectivity index (χ1n) is 8.09. The van der Waals surface area contributed by atoms with Crippen LogP contribution in [-0.2, 0) is 11.3 Å². The lowest BCUT2D eigenvalue weighted by Gasteiger charge is -2.24. The molecule has 1 unspecified atom stereocenters. The van der Waals surface area contributed by atoms with Gasteiger partial charge in [0.15, 0.2) is 0 Å². The van der Waals surface area contributed by atoms with E-state index >= 15 is 0 Å². The Hall–Kier alpha value is -2.04. The van der Waals surface area contributed by atoms with Crippen molar-refractivity contribution >= 4 is 5.91 Å². The summed E-state index contributed by atoms with van der Waals surface area (Å²) in [5, 5.41) is 4.45. The molecule has 0 bridgehead atoms. The molecular weight excluding hydrogens is 276 g/mol. The van der Waals surface area contributed by atoms with Crippen molar-refractivity contribution < 1.29 is 4.79 Å². The number of aromatic amines is 1. The van der Waals surface area contributed by atoms with Crippen LogP contribution in [0.1, 0.15) is 48.8 Å². The van der Waals surface area contributed by atoms with E-state index in [2.05, 4.69) is 29.1 Å². The number of aryl methyl sites for hydroxylation is 3. The Bertz CT molecular complexity index is 629. The zero-order valence-electron chi connectivity index (χ0n) is 13.4. The molecule has 118 valence electrons. The van der Waals surface area contributed by atoms with Crippen molar-refractivity contribution in [2.75, 3.05) is 6.54 Å². The molecule has 0 radical (unpaired) electrons. The maximum atomic E-state index is 12.5. The van der Waals surface area contributed by atoms with Crippen LogP contribution in [0.15, 0.2) is 24.4 Å². The highest BCUT2D eigenvalue weighted by Crippen LogP contribution is 2.31. The zero-order valence-corrected chi connectivity index (χ0v) is 13.4. The predicted octanol–water partition coefficient (Wildman–Crippen LogP) is 2.97. The van der Waals surface area contributed by atoms with Gasteiger partial charge in [0.25, 0.3) is 0 Å². The molecule has 1 amide bonds. The number of amides is 1. The number of likely N-dealkylation sites (tertiary alicyclic amines) is 1. The summed E-state index contributed by atoms with van der Waals surface area (Å²) in [4.78, 5) is 17.8. The highest BCUT2D eigenvalue weighted by molar-refractivity contribution is 5.76. The minimum Gasteiger partial charge on any atom is -0.363 e. The number of carbonyl (C=O) groups excluding carboxylic acids is 1. The lowest BCUT2D eigenvalue weighted by Crippen LogP contribution is -2.30. The van der Waals surface area contributed by atoms with Crippen molar-refractivity contribution in [1.82, 2.24) is 19.7 Å². The summed E-state index contributed by atoms with van der Waals surface area (Å²) >= 11 is 0. The van der Waals surface area contributed by atoms with Crippen LogP contribution in [0.3, 0.4) is 0 Å². The summed E-state index contributed by atoms with van der Waals surface area (Å²) in [6.45, 7) is 5.75. The Morgan fingerprint density at radius 3 is 3.00 bits per heavy atom. The highest BCUT2D eigenvalue weighted by Gasteiger charge is 2.29. The number of H-pyrrole nitrogens is 1. The Morgan fingerprint density at radius 1 is 1.45 bits per heavy atom. The van der Waals surface area contributed by atoms with E-state index < -0.39 is 0 Å². The molecule has 3 heterocycles. The van der Waals surface area contributed by atoms with Gasteiger partial charge in [0.1, 0.15) is 0 Å². The quantitative estimate of drug-likeness (QED) is 0.923. The van der Waals surface area contributed by atoms with Gasteiger partial charge in [0.05, 0.1) is 11.7 Å². The molecule has 0 spiro atoms. The predicted molar refractivity (Wildman–Crippen MR) is 85.4 cm³/mol. The normalized spacial score (nSPS) is 18.1. The number of hydrogen-bond acceptors (Lipinski definition) is 2. The summed E-state index contributed by atoms with van der Waals surface area (Å²) < 4.78 is 2.00. The second-order valence-corrected chi connectivity index (χ2v) is 6.12. The van der Waals surface area contributed by atoms with Crippen LogP contribution >= 0.6 is 0 Å². The van der Waals surface area contributed by atoms with Gasteiger partial charge < -0.3 is 9.88 Å². The maximum absolute atomic E-state index is 12.5. The molecule has 0 aliphatic carbocycles. The second-order valence-electron chi connectivity index (χ2n) is 6.12. The van der Waals surface area contributed by atoms with Crippen LogP contribution in [0.2, 0.25) is 0 Å². The molecule has 1 N–H and O–H groups in total. The summed E-state index contributed by atoms with van der Waals surface area (Å²) in [6, 6.07) is 6.38. The van der Waals surface area contributed by atoms with Crippen LogP contribution in [-0.4, -0.2) is 32.1 Å². The van der Waals surface area contributed by atoms with Gasteiger partial charge in [-0.05, 0) is 51.3 Å². The third-order valence-corrected chi connectivity index (χ3v) is 4.42. The molecule has 0 saturated carbocycles. The van der Waals surface area contributed by atoms with Gasteiger partial charge in [-0.2, -0.15) is 5.10 Å². The van der Waals surface area contributed by atoms with E-state index in [4.69, 9.17) is 0 Å². The number of aromatic nitrogens is 3. The first kappa shape index (κ1) is 14.9. The van der Waals surface area contributed by atoms with Crippen molar-refractivity contribution in [2.45, 2.75) is 52.1 Å². The summed E-state index contributed by atoms with van der Waals surface area (Å²) in [5.41, 5.74) is 3.36. The number of rotatable bonds is 5. The topological polar surface area (TPSA) is 53.9 Å². The molecule has 2 aromatic rings. The van der Waals surface area contributed by atoms with E-state index in [-0.39, 0.29) is 11.9 Å². The lowest BCUT2D eigenvalue weighted by molar-refractivity contribution is -0.132. The van der Waals surface area contributed by atoms with Gasteiger partial charge in [-0.1, -0.05) is 0 Å². The van der Waals surface area contributed by atoms with E-state index in [0.717, 1.165) is 49.4 Å². The highest BCUT2D eigenvalue weighted by atomic mass is 16.2. The van der Waals surface area contributed by atoms with Gasteiger partial charge in [-0.3, -0.25) is 9.48 Å². The van der Waals surface area contributed by atoms with Crippen LogP contribution in [0, 0.1) is 13.8 Å². The van der Waals surface area contributed by atoms with Crippen molar-refractivity contribution in [3.63, 3.8) is 0 Å². The fourth-order valence-corrected chi connectivity index (χ4v) is 3.37. The monoisotopic (exact) mass is 300 g/mol. The van der Waals surface area contributed by atoms with E-state index in [0.29, 0.717) is 6.42 Å². The largest absolute Gasteiger partial charge is 0.363 e. The molecule has 22 heavy (non-hydrogen) atoms. The summed E-state index contributed by atoms with van der Waals surface area (Å²) in [7, 11) is 0. The van der Waals surface area contributed by atoms with E-state index in [1.54, 1.807) is 0 Å².